The normalized spacial score (nSPS) is 18.8. The van der Waals surface area contributed by atoms with E-state index >= 15 is 0 Å². The minimum atomic E-state index is -0.436. The fourth-order valence-corrected chi connectivity index (χ4v) is 16.6. The molecule has 10 aromatic rings. The van der Waals surface area contributed by atoms with Crippen molar-refractivity contribution in [2.45, 2.75) is 199 Å². The van der Waals surface area contributed by atoms with Crippen LogP contribution in [0.5, 0.6) is 0 Å². The number of fused-ring (bicyclic) bond motifs is 6. The molecule has 8 atom stereocenters. The van der Waals surface area contributed by atoms with Crippen molar-refractivity contribution in [1.29, 1.82) is 0 Å². The zero-order valence-electron chi connectivity index (χ0n) is 70.7. The summed E-state index contributed by atoms with van der Waals surface area (Å²) in [6.45, 7) is 11.7. The summed E-state index contributed by atoms with van der Waals surface area (Å²) in [4.78, 5) is 51.4. The van der Waals surface area contributed by atoms with E-state index in [1.165, 1.54) is 61.2 Å². The van der Waals surface area contributed by atoms with Crippen molar-refractivity contribution in [3.8, 4) is 22.3 Å². The van der Waals surface area contributed by atoms with Gasteiger partial charge in [0.05, 0.1) is 26.4 Å². The van der Waals surface area contributed by atoms with Crippen molar-refractivity contribution in [3.05, 3.63) is 351 Å². The molecule has 4 aliphatic heterocycles. The van der Waals surface area contributed by atoms with Gasteiger partial charge in [0.1, 0.15) is 0 Å². The number of carbonyl (C=O) groups is 4. The van der Waals surface area contributed by atoms with Crippen LogP contribution in [-0.2, 0) is 76.5 Å². The third kappa shape index (κ3) is 25.8. The average Bonchev–Trinajstić information content (AvgIpc) is 1.64. The molecule has 0 fully saturated rings. The summed E-state index contributed by atoms with van der Waals surface area (Å²) in [6, 6.07) is 81.1. The van der Waals surface area contributed by atoms with Crippen molar-refractivity contribution in [2.24, 2.45) is 0 Å². The Morgan fingerprint density at radius 3 is 1.01 bits per heavy atom. The Kier molecular flexibility index (Phi) is 33.7. The molecule has 0 unspecified atom stereocenters. The van der Waals surface area contributed by atoms with Gasteiger partial charge < -0.3 is 59.2 Å². The molecule has 9 aromatic carbocycles. The number of carbonyl (C=O) groups excluding carboxylic acids is 4. The van der Waals surface area contributed by atoms with Gasteiger partial charge in [0.25, 0.3) is 23.6 Å². The van der Waals surface area contributed by atoms with Crippen LogP contribution in [0.2, 0.25) is 0 Å². The molecule has 0 spiro atoms. The SMILES string of the molecule is CCCCCO[C@@H]1C[C@H](c2ccc3c(c2)Cc2ccccc2-3)C=C(C(=O)NCc2ccccc2)O1.CCCCCO[C@@H]1C[C@H](c2ccc3c(c2)Cc2ccccc2-3)C=C(C(=O)Nc2ccccc2)O1.CCCCCO[C@@H]1C[C@H](c2ccccc2)C=C(C(=O)Nc2ccccc2)O1.CCCCCO[C@@H]1C[C@H](c2ccsc2)C=C(C(=O)Nc2ccccc2)O1. The van der Waals surface area contributed by atoms with Gasteiger partial charge in [-0.3, -0.25) is 19.2 Å². The van der Waals surface area contributed by atoms with E-state index in [9.17, 15) is 19.2 Å². The molecule has 0 bridgehead atoms. The molecule has 4 amide bonds. The second-order valence-corrected chi connectivity index (χ2v) is 32.4. The van der Waals surface area contributed by atoms with Gasteiger partial charge in [-0.25, -0.2) is 0 Å². The molecular weight excluding hydrogens is 1540 g/mol. The van der Waals surface area contributed by atoms with Crippen LogP contribution in [0.3, 0.4) is 0 Å². The molecular formula is C105H116N4O12S. The number of ether oxygens (including phenoxy) is 8. The number of thiophene rings is 1. The first-order valence-electron chi connectivity index (χ1n) is 43.8. The largest absolute Gasteiger partial charge is 0.459 e. The number of benzene rings is 9. The van der Waals surface area contributed by atoms with E-state index in [0.717, 1.165) is 125 Å². The molecule has 0 saturated carbocycles. The summed E-state index contributed by atoms with van der Waals surface area (Å²) in [5.41, 5.74) is 18.8. The van der Waals surface area contributed by atoms with E-state index in [-0.39, 0.29) is 47.3 Å². The highest BCUT2D eigenvalue weighted by molar-refractivity contribution is 7.08. The van der Waals surface area contributed by atoms with E-state index in [4.69, 9.17) is 37.9 Å². The Balaban J connectivity index is 0.000000141. The monoisotopic (exact) mass is 1660 g/mol. The molecule has 5 heterocycles. The maximum absolute atomic E-state index is 13.0. The van der Waals surface area contributed by atoms with Crippen molar-refractivity contribution < 1.29 is 57.1 Å². The standard InChI is InChI=1S/C31H33NO3.C30H31NO3.C23H27NO3.C21H25NO3S/c1-2-3-9-16-34-30-20-25(19-29(35-30)31(33)32-21-22-10-5-4-6-11-22)23-14-15-28-26(17-23)18-24-12-7-8-13-27(24)28;1-2-3-9-16-33-29-20-23(19-28(34-29)30(32)31-25-11-5-4-6-12-25)21-14-15-27-24(17-21)18-22-10-7-8-13-26(22)27;1-2-3-10-15-26-22-17-19(18-11-6-4-7-12-18)16-21(27-22)23(25)24-20-13-8-5-9-14-20;1-2-3-7-11-24-20-14-17(16-10-12-26-15-16)13-19(25-20)21(23)22-18-8-5-4-6-9-18/h4-8,10-15,17,19,25,30H,2-3,9,16,18,20-21H2,1H3,(H,32,33);4-8,10-15,17,19,23,29H,2-3,9,16,18,20H2,1H3,(H,31,32);4-9,11-14,16,19,22H,2-3,10,15,17H2,1H3,(H,24,25);4-6,8-10,12-13,15,17,20H,2-3,7,11,14H2,1H3,(H,22,23)/t25-,30+;23-,29+;19-,22+;17-,20+/m1111/s1. The van der Waals surface area contributed by atoms with Crippen LogP contribution in [-0.4, -0.2) is 75.2 Å². The quantitative estimate of drug-likeness (QED) is 0.0285. The number of hydrogen-bond donors (Lipinski definition) is 4. The smallest absolute Gasteiger partial charge is 0.290 e. The highest BCUT2D eigenvalue weighted by Crippen LogP contribution is 2.43. The lowest BCUT2D eigenvalue weighted by Gasteiger charge is -2.29. The van der Waals surface area contributed by atoms with Crippen LogP contribution in [0.15, 0.2) is 301 Å². The van der Waals surface area contributed by atoms with Crippen LogP contribution in [0.1, 0.15) is 204 Å². The highest BCUT2D eigenvalue weighted by atomic mass is 32.1. The van der Waals surface area contributed by atoms with Crippen molar-refractivity contribution in [3.63, 3.8) is 0 Å². The minimum absolute atomic E-state index is 0.0514. The molecule has 122 heavy (non-hydrogen) atoms. The van der Waals surface area contributed by atoms with Crippen LogP contribution in [0.4, 0.5) is 17.1 Å². The molecule has 2 aliphatic carbocycles. The summed E-state index contributed by atoms with van der Waals surface area (Å²) in [6.07, 6.45) is 23.9. The Hall–Kier alpha value is -11.4. The number of nitrogens with one attached hydrogen (secondary N) is 4. The van der Waals surface area contributed by atoms with Crippen LogP contribution >= 0.6 is 11.3 Å². The van der Waals surface area contributed by atoms with Crippen LogP contribution in [0.25, 0.3) is 22.3 Å². The topological polar surface area (TPSA) is 190 Å². The molecule has 0 radical (unpaired) electrons. The first-order chi connectivity index (χ1) is 59.9. The molecule has 4 N–H and O–H groups in total. The number of para-hydroxylation sites is 3. The number of unbranched alkanes of at least 4 members (excludes halogenated alkanes) is 8. The van der Waals surface area contributed by atoms with Gasteiger partial charge >= 0.3 is 0 Å². The first kappa shape index (κ1) is 88.3. The molecule has 6 aliphatic rings. The lowest BCUT2D eigenvalue weighted by molar-refractivity contribution is -0.146. The second-order valence-electron chi connectivity index (χ2n) is 31.6. The van der Waals surface area contributed by atoms with E-state index < -0.39 is 25.2 Å². The molecule has 1 aromatic heterocycles. The van der Waals surface area contributed by atoms with E-state index in [1.54, 1.807) is 11.3 Å². The number of anilines is 3. The average molecular weight is 1660 g/mol. The van der Waals surface area contributed by atoms with Gasteiger partial charge in [-0.2, -0.15) is 11.3 Å². The summed E-state index contributed by atoms with van der Waals surface area (Å²) < 4.78 is 47.8. The number of amides is 4. The molecule has 17 heteroatoms. The van der Waals surface area contributed by atoms with Crippen LogP contribution in [0, 0.1) is 0 Å². The Labute approximate surface area is 724 Å². The zero-order chi connectivity index (χ0) is 84.5. The molecule has 16 rings (SSSR count). The van der Waals surface area contributed by atoms with Crippen molar-refractivity contribution >= 4 is 52.0 Å². The van der Waals surface area contributed by atoms with Gasteiger partial charge in [-0.15, -0.1) is 0 Å². The minimum Gasteiger partial charge on any atom is -0.459 e. The fourth-order valence-electron chi connectivity index (χ4n) is 15.9. The summed E-state index contributed by atoms with van der Waals surface area (Å²) >= 11 is 1.66. The van der Waals surface area contributed by atoms with Gasteiger partial charge in [0.2, 0.25) is 25.2 Å². The third-order valence-corrected chi connectivity index (χ3v) is 23.1. The second kappa shape index (κ2) is 46.5. The van der Waals surface area contributed by atoms with Gasteiger partial charge in [-0.1, -0.05) is 279 Å². The first-order valence-corrected chi connectivity index (χ1v) is 44.8. The lowest BCUT2D eigenvalue weighted by Crippen LogP contribution is -2.32. The predicted octanol–water partition coefficient (Wildman–Crippen LogP) is 23.9. The van der Waals surface area contributed by atoms with Crippen molar-refractivity contribution in [2.75, 3.05) is 42.4 Å². The van der Waals surface area contributed by atoms with Crippen molar-refractivity contribution in [1.82, 2.24) is 5.32 Å². The lowest BCUT2D eigenvalue weighted by atomic mass is 9.90. The molecule has 16 nitrogen and oxygen atoms in total. The number of hydrogen-bond acceptors (Lipinski definition) is 13. The van der Waals surface area contributed by atoms with E-state index in [1.807, 2.05) is 164 Å². The maximum atomic E-state index is 13.0. The summed E-state index contributed by atoms with van der Waals surface area (Å²) in [5.74, 6) is 0.725. The highest BCUT2D eigenvalue weighted by Gasteiger charge is 2.35. The third-order valence-electron chi connectivity index (χ3n) is 22.4. The van der Waals surface area contributed by atoms with Gasteiger partial charge in [0, 0.05) is 73.0 Å². The molecule has 0 saturated heterocycles. The van der Waals surface area contributed by atoms with E-state index in [0.29, 0.717) is 75.3 Å². The Bertz CT molecular complexity index is 5100. The van der Waals surface area contributed by atoms with Gasteiger partial charge in [0.15, 0.2) is 23.0 Å². The predicted molar refractivity (Wildman–Crippen MR) is 487 cm³/mol. The number of allylic oxidation sites excluding steroid dienone is 4. The Morgan fingerprint density at radius 1 is 0.328 bits per heavy atom. The number of rotatable bonds is 33. The Morgan fingerprint density at radius 2 is 0.648 bits per heavy atom. The molecule has 634 valence electrons. The maximum Gasteiger partial charge on any atom is 0.290 e. The summed E-state index contributed by atoms with van der Waals surface area (Å²) in [5, 5.41) is 15.9. The zero-order valence-corrected chi connectivity index (χ0v) is 71.6. The van der Waals surface area contributed by atoms with Crippen LogP contribution < -0.4 is 21.3 Å². The van der Waals surface area contributed by atoms with Gasteiger partial charge in [-0.05, 0) is 188 Å². The van der Waals surface area contributed by atoms with E-state index in [2.05, 4.69) is 163 Å². The summed E-state index contributed by atoms with van der Waals surface area (Å²) in [7, 11) is 0. The fraction of sp³-hybridized carbons (Fsp3) is 0.333.